The van der Waals surface area contributed by atoms with Crippen LogP contribution in [-0.2, 0) is 0 Å². The standard InChI is InChI=1S/C15H12ClNS/c1-9-3-4-11(7-10(9)2)15-17-13-8-12(16)5-6-14(13)18-15/h3-8H,1-2H3. The van der Waals surface area contributed by atoms with Crippen LogP contribution in [0.2, 0.25) is 5.02 Å². The van der Waals surface area contributed by atoms with Crippen LogP contribution in [-0.4, -0.2) is 4.98 Å². The summed E-state index contributed by atoms with van der Waals surface area (Å²) in [5, 5.41) is 1.79. The highest BCUT2D eigenvalue weighted by Gasteiger charge is 2.07. The Hall–Kier alpha value is -1.38. The van der Waals surface area contributed by atoms with Crippen molar-refractivity contribution in [1.82, 2.24) is 4.98 Å². The molecule has 1 aromatic heterocycles. The number of aryl methyl sites for hydroxylation is 2. The molecule has 0 N–H and O–H groups in total. The van der Waals surface area contributed by atoms with E-state index in [-0.39, 0.29) is 0 Å². The number of halogens is 1. The summed E-state index contributed by atoms with van der Waals surface area (Å²) in [6, 6.07) is 12.3. The fourth-order valence-corrected chi connectivity index (χ4v) is 3.01. The molecule has 0 amide bonds. The van der Waals surface area contributed by atoms with Gasteiger partial charge in [0.1, 0.15) is 5.01 Å². The number of aromatic nitrogens is 1. The molecule has 0 spiro atoms. The van der Waals surface area contributed by atoms with Crippen molar-refractivity contribution in [1.29, 1.82) is 0 Å². The molecule has 0 aliphatic rings. The van der Waals surface area contributed by atoms with Gasteiger partial charge in [0, 0.05) is 10.6 Å². The molecule has 0 aliphatic carbocycles. The lowest BCUT2D eigenvalue weighted by atomic mass is 10.1. The molecule has 3 aromatic rings. The molecule has 3 rings (SSSR count). The molecule has 1 heterocycles. The highest BCUT2D eigenvalue weighted by atomic mass is 35.5. The van der Waals surface area contributed by atoms with Crippen LogP contribution >= 0.6 is 22.9 Å². The Bertz CT molecular complexity index is 730. The first-order valence-corrected chi connectivity index (χ1v) is 6.96. The second-order valence-electron chi connectivity index (χ2n) is 4.43. The Morgan fingerprint density at radius 3 is 2.61 bits per heavy atom. The predicted molar refractivity (Wildman–Crippen MR) is 79.5 cm³/mol. The minimum Gasteiger partial charge on any atom is -0.236 e. The molecule has 0 unspecified atom stereocenters. The Kier molecular flexibility index (Phi) is 2.84. The lowest BCUT2D eigenvalue weighted by Crippen LogP contribution is -1.82. The summed E-state index contributed by atoms with van der Waals surface area (Å²) >= 11 is 7.69. The number of nitrogens with zero attached hydrogens (tertiary/aromatic N) is 1. The minimum atomic E-state index is 0.736. The molecule has 2 aromatic carbocycles. The molecule has 0 bridgehead atoms. The summed E-state index contributed by atoms with van der Waals surface area (Å²) in [5.74, 6) is 0. The maximum Gasteiger partial charge on any atom is 0.124 e. The fraction of sp³-hybridized carbons (Fsp3) is 0.133. The second-order valence-corrected chi connectivity index (χ2v) is 5.90. The van der Waals surface area contributed by atoms with Gasteiger partial charge >= 0.3 is 0 Å². The van der Waals surface area contributed by atoms with Gasteiger partial charge in [-0.2, -0.15) is 0 Å². The Labute approximate surface area is 115 Å². The van der Waals surface area contributed by atoms with Crippen molar-refractivity contribution in [2.45, 2.75) is 13.8 Å². The number of thiazole rings is 1. The van der Waals surface area contributed by atoms with Crippen LogP contribution < -0.4 is 0 Å². The van der Waals surface area contributed by atoms with E-state index < -0.39 is 0 Å². The van der Waals surface area contributed by atoms with Gasteiger partial charge in [0.25, 0.3) is 0 Å². The summed E-state index contributed by atoms with van der Waals surface area (Å²) in [6.45, 7) is 4.25. The molecule has 3 heteroatoms. The maximum absolute atomic E-state index is 5.98. The first-order chi connectivity index (χ1) is 8.63. The van der Waals surface area contributed by atoms with Crippen LogP contribution in [0.25, 0.3) is 20.8 Å². The van der Waals surface area contributed by atoms with E-state index in [0.717, 1.165) is 15.5 Å². The van der Waals surface area contributed by atoms with E-state index in [9.17, 15) is 0 Å². The summed E-state index contributed by atoms with van der Waals surface area (Å²) in [6.07, 6.45) is 0. The molecule has 1 nitrogen and oxygen atoms in total. The molecule has 18 heavy (non-hydrogen) atoms. The van der Waals surface area contributed by atoms with E-state index in [4.69, 9.17) is 11.6 Å². The molecule has 0 saturated carbocycles. The van der Waals surface area contributed by atoms with Crippen LogP contribution in [0, 0.1) is 13.8 Å². The van der Waals surface area contributed by atoms with Crippen LogP contribution in [0.5, 0.6) is 0 Å². The van der Waals surface area contributed by atoms with Crippen molar-refractivity contribution in [2.24, 2.45) is 0 Å². The fourth-order valence-electron chi connectivity index (χ4n) is 1.90. The van der Waals surface area contributed by atoms with Crippen LogP contribution in [0.4, 0.5) is 0 Å². The molecule has 0 fully saturated rings. The zero-order valence-corrected chi connectivity index (χ0v) is 11.8. The molecule has 0 aliphatic heterocycles. The summed E-state index contributed by atoms with van der Waals surface area (Å²) in [5.41, 5.74) is 4.75. The van der Waals surface area contributed by atoms with Crippen molar-refractivity contribution in [3.8, 4) is 10.6 Å². The Balaban J connectivity index is 2.16. The van der Waals surface area contributed by atoms with Crippen molar-refractivity contribution < 1.29 is 0 Å². The lowest BCUT2D eigenvalue weighted by Gasteiger charge is -2.01. The van der Waals surface area contributed by atoms with Crippen LogP contribution in [0.1, 0.15) is 11.1 Å². The zero-order valence-electron chi connectivity index (χ0n) is 10.2. The van der Waals surface area contributed by atoms with E-state index in [0.29, 0.717) is 0 Å². The second kappa shape index (κ2) is 4.38. The normalized spacial score (nSPS) is 11.1. The Morgan fingerprint density at radius 2 is 1.83 bits per heavy atom. The first kappa shape index (κ1) is 11.7. The third-order valence-electron chi connectivity index (χ3n) is 3.10. The van der Waals surface area contributed by atoms with Crippen LogP contribution in [0.3, 0.4) is 0 Å². The SMILES string of the molecule is Cc1ccc(-c2nc3cc(Cl)ccc3s2)cc1C. The van der Waals surface area contributed by atoms with Crippen molar-refractivity contribution in [2.75, 3.05) is 0 Å². The van der Waals surface area contributed by atoms with Crippen LogP contribution in [0.15, 0.2) is 36.4 Å². The van der Waals surface area contributed by atoms with Gasteiger partial charge in [-0.15, -0.1) is 11.3 Å². The number of benzene rings is 2. The van der Waals surface area contributed by atoms with E-state index in [1.807, 2.05) is 18.2 Å². The quantitative estimate of drug-likeness (QED) is 0.591. The molecular formula is C15H12ClNS. The lowest BCUT2D eigenvalue weighted by molar-refractivity contribution is 1.33. The minimum absolute atomic E-state index is 0.736. The Morgan fingerprint density at radius 1 is 1.00 bits per heavy atom. The van der Waals surface area contributed by atoms with Gasteiger partial charge in [-0.3, -0.25) is 0 Å². The first-order valence-electron chi connectivity index (χ1n) is 5.77. The van der Waals surface area contributed by atoms with Gasteiger partial charge in [-0.05, 0) is 49.2 Å². The number of rotatable bonds is 1. The van der Waals surface area contributed by atoms with Gasteiger partial charge < -0.3 is 0 Å². The van der Waals surface area contributed by atoms with Gasteiger partial charge in [0.2, 0.25) is 0 Å². The van der Waals surface area contributed by atoms with Crippen molar-refractivity contribution in [3.63, 3.8) is 0 Å². The molecule has 0 radical (unpaired) electrons. The largest absolute Gasteiger partial charge is 0.236 e. The number of hydrogen-bond donors (Lipinski definition) is 0. The average Bonchev–Trinajstić information content (AvgIpc) is 2.75. The van der Waals surface area contributed by atoms with Gasteiger partial charge in [0.15, 0.2) is 0 Å². The number of fused-ring (bicyclic) bond motifs is 1. The summed E-state index contributed by atoms with van der Waals surface area (Å²) < 4.78 is 1.17. The molecule has 90 valence electrons. The van der Waals surface area contributed by atoms with E-state index in [1.54, 1.807) is 11.3 Å². The molecular weight excluding hydrogens is 262 g/mol. The highest BCUT2D eigenvalue weighted by Crippen LogP contribution is 2.32. The third kappa shape index (κ3) is 2.02. The monoisotopic (exact) mass is 273 g/mol. The topological polar surface area (TPSA) is 12.9 Å². The molecule has 0 saturated heterocycles. The van der Waals surface area contributed by atoms with Crippen molar-refractivity contribution in [3.05, 3.63) is 52.5 Å². The summed E-state index contributed by atoms with van der Waals surface area (Å²) in [4.78, 5) is 4.65. The average molecular weight is 274 g/mol. The van der Waals surface area contributed by atoms with E-state index in [2.05, 4.69) is 37.0 Å². The highest BCUT2D eigenvalue weighted by molar-refractivity contribution is 7.21. The maximum atomic E-state index is 5.98. The predicted octanol–water partition coefficient (Wildman–Crippen LogP) is 5.23. The van der Waals surface area contributed by atoms with Gasteiger partial charge in [-0.25, -0.2) is 4.98 Å². The molecule has 0 atom stereocenters. The van der Waals surface area contributed by atoms with Gasteiger partial charge in [-0.1, -0.05) is 23.7 Å². The summed E-state index contributed by atoms with van der Waals surface area (Å²) in [7, 11) is 0. The number of hydrogen-bond acceptors (Lipinski definition) is 2. The zero-order chi connectivity index (χ0) is 12.7. The van der Waals surface area contributed by atoms with Crippen molar-refractivity contribution >= 4 is 33.2 Å². The van der Waals surface area contributed by atoms with E-state index >= 15 is 0 Å². The smallest absolute Gasteiger partial charge is 0.124 e. The van der Waals surface area contributed by atoms with E-state index in [1.165, 1.54) is 21.4 Å². The van der Waals surface area contributed by atoms with Gasteiger partial charge in [0.05, 0.1) is 10.2 Å². The third-order valence-corrected chi connectivity index (χ3v) is 4.42.